The van der Waals surface area contributed by atoms with Gasteiger partial charge in [-0.15, -0.1) is 0 Å². The highest BCUT2D eigenvalue weighted by Gasteiger charge is 2.40. The second kappa shape index (κ2) is 16.8. The summed E-state index contributed by atoms with van der Waals surface area (Å²) in [5.41, 5.74) is -1.89. The number of rotatable bonds is 19. The van der Waals surface area contributed by atoms with E-state index in [9.17, 15) is 9.59 Å². The summed E-state index contributed by atoms with van der Waals surface area (Å²) in [5, 5.41) is 20.6. The molecule has 158 valence electrons. The fourth-order valence-electron chi connectivity index (χ4n) is 2.95. The largest absolute Gasteiger partial charge is 0.479 e. The highest BCUT2D eigenvalue weighted by Crippen LogP contribution is 2.10. The van der Waals surface area contributed by atoms with Gasteiger partial charge in [-0.2, -0.15) is 0 Å². The highest BCUT2D eigenvalue weighted by atomic mass is 16.4. The summed E-state index contributed by atoms with van der Waals surface area (Å²) in [4.78, 5) is 22.0. The van der Waals surface area contributed by atoms with E-state index in [0.717, 1.165) is 25.7 Å². The Kier molecular flexibility index (Phi) is 15.9. The lowest BCUT2D eigenvalue weighted by Crippen LogP contribution is -2.56. The maximum absolute atomic E-state index is 11.0. The summed E-state index contributed by atoms with van der Waals surface area (Å²) in [6.07, 6.45) is 21.7. The number of carbonyl (C=O) groups is 2. The summed E-state index contributed by atoms with van der Waals surface area (Å²) < 4.78 is 0. The molecule has 5 heteroatoms. The van der Waals surface area contributed by atoms with Crippen molar-refractivity contribution in [1.82, 2.24) is 5.32 Å². The minimum atomic E-state index is -1.89. The zero-order valence-electron chi connectivity index (χ0n) is 17.5. The maximum Gasteiger partial charge on any atom is 0.335 e. The number of carboxylic acid groups (broad SMARTS) is 2. The van der Waals surface area contributed by atoms with Crippen molar-refractivity contribution in [3.8, 4) is 0 Å². The molecule has 0 saturated heterocycles. The number of allylic oxidation sites excluding steroid dienone is 2. The third-order valence-electron chi connectivity index (χ3n) is 5.02. The summed E-state index contributed by atoms with van der Waals surface area (Å²) in [7, 11) is 0. The van der Waals surface area contributed by atoms with Gasteiger partial charge in [0.2, 0.25) is 5.54 Å². The van der Waals surface area contributed by atoms with Crippen LogP contribution in [-0.2, 0) is 9.59 Å². The van der Waals surface area contributed by atoms with Crippen molar-refractivity contribution in [2.45, 2.75) is 109 Å². The van der Waals surface area contributed by atoms with Crippen LogP contribution >= 0.6 is 0 Å². The Hall–Kier alpha value is -1.36. The van der Waals surface area contributed by atoms with E-state index in [2.05, 4.69) is 24.4 Å². The van der Waals surface area contributed by atoms with Gasteiger partial charge in [0.25, 0.3) is 0 Å². The number of carboxylic acids is 2. The average Bonchev–Trinajstić information content (AvgIpc) is 2.63. The number of hydrogen-bond acceptors (Lipinski definition) is 3. The molecule has 0 aromatic heterocycles. The van der Waals surface area contributed by atoms with Gasteiger partial charge in [-0.3, -0.25) is 5.32 Å². The molecule has 0 aromatic rings. The van der Waals surface area contributed by atoms with Gasteiger partial charge in [-0.05, 0) is 45.6 Å². The van der Waals surface area contributed by atoms with Crippen molar-refractivity contribution in [3.05, 3.63) is 12.2 Å². The third kappa shape index (κ3) is 13.5. The summed E-state index contributed by atoms with van der Waals surface area (Å²) >= 11 is 0. The molecule has 5 nitrogen and oxygen atoms in total. The first-order valence-electron chi connectivity index (χ1n) is 10.8. The van der Waals surface area contributed by atoms with Gasteiger partial charge < -0.3 is 10.2 Å². The molecule has 0 radical (unpaired) electrons. The summed E-state index contributed by atoms with van der Waals surface area (Å²) in [6.45, 7) is 3.85. The van der Waals surface area contributed by atoms with Gasteiger partial charge in [0.1, 0.15) is 0 Å². The minimum Gasteiger partial charge on any atom is -0.479 e. The predicted octanol–water partition coefficient (Wildman–Crippen LogP) is 5.54. The van der Waals surface area contributed by atoms with Crippen LogP contribution in [0.5, 0.6) is 0 Å². The number of nitrogens with one attached hydrogen (secondary N) is 1. The second-order valence-corrected chi connectivity index (χ2v) is 7.60. The van der Waals surface area contributed by atoms with E-state index >= 15 is 0 Å². The molecule has 0 atom stereocenters. The molecule has 0 fully saturated rings. The van der Waals surface area contributed by atoms with Crippen LogP contribution < -0.4 is 5.32 Å². The van der Waals surface area contributed by atoms with E-state index in [1.54, 1.807) is 0 Å². The van der Waals surface area contributed by atoms with Crippen LogP contribution in [0.4, 0.5) is 0 Å². The third-order valence-corrected chi connectivity index (χ3v) is 5.02. The molecule has 0 aromatic carbocycles. The lowest BCUT2D eigenvalue weighted by atomic mass is 10.0. The van der Waals surface area contributed by atoms with Crippen molar-refractivity contribution >= 4 is 11.9 Å². The van der Waals surface area contributed by atoms with Crippen LogP contribution in [0.3, 0.4) is 0 Å². The van der Waals surface area contributed by atoms with E-state index in [1.165, 1.54) is 71.1 Å². The second-order valence-electron chi connectivity index (χ2n) is 7.60. The Bertz CT molecular complexity index is 407. The number of unbranched alkanes of at least 4 members (excludes halogenated alkanes) is 12. The molecule has 0 aliphatic heterocycles. The van der Waals surface area contributed by atoms with Crippen molar-refractivity contribution in [3.63, 3.8) is 0 Å². The maximum atomic E-state index is 11.0. The van der Waals surface area contributed by atoms with Gasteiger partial charge in [0, 0.05) is 0 Å². The molecule has 0 aliphatic rings. The van der Waals surface area contributed by atoms with Gasteiger partial charge in [0.05, 0.1) is 0 Å². The van der Waals surface area contributed by atoms with Crippen molar-refractivity contribution in [1.29, 1.82) is 0 Å². The van der Waals surface area contributed by atoms with E-state index in [-0.39, 0.29) is 0 Å². The van der Waals surface area contributed by atoms with Crippen LogP contribution in [0.25, 0.3) is 0 Å². The topological polar surface area (TPSA) is 86.6 Å². The van der Waals surface area contributed by atoms with E-state index < -0.39 is 17.5 Å². The molecule has 3 N–H and O–H groups in total. The van der Waals surface area contributed by atoms with E-state index in [0.29, 0.717) is 6.54 Å². The van der Waals surface area contributed by atoms with Gasteiger partial charge in [0.15, 0.2) is 0 Å². The number of hydrogen-bond donors (Lipinski definition) is 3. The molecule has 0 bridgehead atoms. The van der Waals surface area contributed by atoms with Crippen LogP contribution in [0, 0.1) is 0 Å². The molecular formula is C22H41NO4. The normalized spacial score (nSPS) is 11.9. The summed E-state index contributed by atoms with van der Waals surface area (Å²) in [6, 6.07) is 0. The standard InChI is InChI=1S/C22H41NO4/c1-3-4-5-6-7-8-9-10-11-12-13-14-15-16-17-18-19-23-22(2,20(24)25)21(26)27/h10-11,23H,3-9,12-19H2,1-2H3,(H,24,25)(H,26,27)/b11-10-. The van der Waals surface area contributed by atoms with E-state index in [4.69, 9.17) is 10.2 Å². The van der Waals surface area contributed by atoms with Crippen LogP contribution in [0.15, 0.2) is 12.2 Å². The Morgan fingerprint density at radius 2 is 1.15 bits per heavy atom. The smallest absolute Gasteiger partial charge is 0.335 e. The predicted molar refractivity (Wildman–Crippen MR) is 111 cm³/mol. The van der Waals surface area contributed by atoms with Crippen molar-refractivity contribution in [2.75, 3.05) is 6.54 Å². The fraction of sp³-hybridized carbons (Fsp3) is 0.818. The zero-order valence-corrected chi connectivity index (χ0v) is 17.5. The monoisotopic (exact) mass is 383 g/mol. The van der Waals surface area contributed by atoms with Crippen molar-refractivity contribution in [2.24, 2.45) is 0 Å². The Labute approximate surface area is 165 Å². The molecule has 0 aliphatic carbocycles. The first-order chi connectivity index (χ1) is 12.9. The molecule has 0 spiro atoms. The van der Waals surface area contributed by atoms with E-state index in [1.807, 2.05) is 0 Å². The fourth-order valence-corrected chi connectivity index (χ4v) is 2.95. The average molecular weight is 384 g/mol. The van der Waals surface area contributed by atoms with Gasteiger partial charge in [-0.1, -0.05) is 76.9 Å². The number of aliphatic carboxylic acids is 2. The quantitative estimate of drug-likeness (QED) is 0.155. The molecule has 0 amide bonds. The Morgan fingerprint density at radius 1 is 0.741 bits per heavy atom. The Balaban J connectivity index is 3.42. The first-order valence-corrected chi connectivity index (χ1v) is 10.8. The lowest BCUT2D eigenvalue weighted by Gasteiger charge is -2.21. The first kappa shape index (κ1) is 25.6. The molecule has 0 unspecified atom stereocenters. The Morgan fingerprint density at radius 3 is 1.59 bits per heavy atom. The molecular weight excluding hydrogens is 342 g/mol. The highest BCUT2D eigenvalue weighted by molar-refractivity contribution is 6.02. The zero-order chi connectivity index (χ0) is 20.4. The lowest BCUT2D eigenvalue weighted by molar-refractivity contribution is -0.157. The minimum absolute atomic E-state index is 0.413. The summed E-state index contributed by atoms with van der Waals surface area (Å²) in [5.74, 6) is -2.70. The molecule has 0 heterocycles. The van der Waals surface area contributed by atoms with Crippen LogP contribution in [0.2, 0.25) is 0 Å². The van der Waals surface area contributed by atoms with Crippen molar-refractivity contribution < 1.29 is 19.8 Å². The van der Waals surface area contributed by atoms with Crippen LogP contribution in [0.1, 0.15) is 104 Å². The van der Waals surface area contributed by atoms with Gasteiger partial charge >= 0.3 is 11.9 Å². The van der Waals surface area contributed by atoms with Crippen LogP contribution in [-0.4, -0.2) is 34.2 Å². The molecule has 0 rings (SSSR count). The SMILES string of the molecule is CCCCCCCC/C=C\CCCCCCCCNC(C)(C(=O)O)C(=O)O. The van der Waals surface area contributed by atoms with Gasteiger partial charge in [-0.25, -0.2) is 9.59 Å². The molecule has 0 saturated carbocycles. The molecule has 27 heavy (non-hydrogen) atoms.